The second kappa shape index (κ2) is 7.28. The summed E-state index contributed by atoms with van der Waals surface area (Å²) in [6, 6.07) is 13.9. The van der Waals surface area contributed by atoms with Crippen molar-refractivity contribution in [1.82, 2.24) is 5.43 Å². The van der Waals surface area contributed by atoms with Crippen molar-refractivity contribution in [2.75, 3.05) is 5.32 Å². The van der Waals surface area contributed by atoms with Crippen LogP contribution in [0.3, 0.4) is 0 Å². The quantitative estimate of drug-likeness (QED) is 0.392. The maximum Gasteiger partial charge on any atom is 0.269 e. The van der Waals surface area contributed by atoms with E-state index in [2.05, 4.69) is 15.8 Å². The standard InChI is InChI=1S/C15H14N4O2S/c1-11-2-6-13(7-3-11)17-15(22)18-16-10-12-4-8-14(9-5-12)19(20)21/h2-10H,1H3,(H2,17,18,22). The van der Waals surface area contributed by atoms with Gasteiger partial charge in [0.2, 0.25) is 0 Å². The zero-order chi connectivity index (χ0) is 15.9. The Hall–Kier alpha value is -2.80. The van der Waals surface area contributed by atoms with E-state index in [9.17, 15) is 10.1 Å². The second-order valence-corrected chi connectivity index (χ2v) is 4.95. The molecule has 0 radical (unpaired) electrons. The Balaban J connectivity index is 1.87. The molecule has 112 valence electrons. The SMILES string of the molecule is Cc1ccc(NC(=S)NN=Cc2ccc([N+](=O)[O-])cc2)cc1. The molecule has 2 rings (SSSR count). The van der Waals surface area contributed by atoms with Gasteiger partial charge in [-0.15, -0.1) is 0 Å². The summed E-state index contributed by atoms with van der Waals surface area (Å²) in [6.45, 7) is 2.01. The normalized spacial score (nSPS) is 10.4. The summed E-state index contributed by atoms with van der Waals surface area (Å²) in [6.07, 6.45) is 1.53. The molecule has 0 bridgehead atoms. The zero-order valence-electron chi connectivity index (χ0n) is 11.8. The summed E-state index contributed by atoms with van der Waals surface area (Å²) in [5, 5.41) is 17.9. The molecule has 0 spiro atoms. The number of benzene rings is 2. The van der Waals surface area contributed by atoms with Crippen molar-refractivity contribution < 1.29 is 4.92 Å². The number of non-ortho nitro benzene ring substituents is 1. The Morgan fingerprint density at radius 2 is 1.82 bits per heavy atom. The highest BCUT2D eigenvalue weighted by atomic mass is 32.1. The van der Waals surface area contributed by atoms with Crippen LogP contribution in [-0.2, 0) is 0 Å². The summed E-state index contributed by atoms with van der Waals surface area (Å²) in [5.74, 6) is 0. The number of hydrogen-bond donors (Lipinski definition) is 2. The molecule has 2 aromatic rings. The van der Waals surface area contributed by atoms with E-state index in [0.29, 0.717) is 5.11 Å². The van der Waals surface area contributed by atoms with Gasteiger partial charge in [0.15, 0.2) is 5.11 Å². The monoisotopic (exact) mass is 314 g/mol. The highest BCUT2D eigenvalue weighted by Gasteiger charge is 2.02. The molecule has 0 saturated heterocycles. The first-order chi connectivity index (χ1) is 10.5. The van der Waals surface area contributed by atoms with E-state index in [1.54, 1.807) is 12.1 Å². The second-order valence-electron chi connectivity index (χ2n) is 4.54. The fourth-order valence-corrected chi connectivity index (χ4v) is 1.81. The summed E-state index contributed by atoms with van der Waals surface area (Å²) in [7, 11) is 0. The Bertz CT molecular complexity index is 696. The van der Waals surface area contributed by atoms with Crippen molar-refractivity contribution in [3.8, 4) is 0 Å². The average Bonchev–Trinajstić information content (AvgIpc) is 2.50. The number of thiocarbonyl (C=S) groups is 1. The maximum atomic E-state index is 10.5. The van der Waals surface area contributed by atoms with Crippen molar-refractivity contribution in [3.63, 3.8) is 0 Å². The molecule has 0 unspecified atom stereocenters. The highest BCUT2D eigenvalue weighted by Crippen LogP contribution is 2.10. The molecule has 6 nitrogen and oxygen atoms in total. The molecule has 2 N–H and O–H groups in total. The van der Waals surface area contributed by atoms with Crippen LogP contribution in [0.15, 0.2) is 53.6 Å². The molecule has 0 aromatic heterocycles. The smallest absolute Gasteiger partial charge is 0.269 e. The Morgan fingerprint density at radius 3 is 2.41 bits per heavy atom. The number of nitrogens with zero attached hydrogens (tertiary/aromatic N) is 2. The number of nitro benzene ring substituents is 1. The molecule has 0 aliphatic heterocycles. The minimum absolute atomic E-state index is 0.0432. The molecule has 2 aromatic carbocycles. The van der Waals surface area contributed by atoms with Gasteiger partial charge >= 0.3 is 0 Å². The number of anilines is 1. The number of hydrogen-bond acceptors (Lipinski definition) is 4. The average molecular weight is 314 g/mol. The summed E-state index contributed by atoms with van der Waals surface area (Å²) in [5.41, 5.74) is 5.50. The minimum Gasteiger partial charge on any atom is -0.331 e. The lowest BCUT2D eigenvalue weighted by Gasteiger charge is -2.06. The minimum atomic E-state index is -0.445. The highest BCUT2D eigenvalue weighted by molar-refractivity contribution is 7.80. The van der Waals surface area contributed by atoms with Crippen molar-refractivity contribution in [3.05, 3.63) is 69.8 Å². The molecule has 0 saturated carbocycles. The van der Waals surface area contributed by atoms with Crippen LogP contribution in [0.5, 0.6) is 0 Å². The van der Waals surface area contributed by atoms with Crippen LogP contribution in [0.25, 0.3) is 0 Å². The number of hydrazone groups is 1. The molecule has 0 aliphatic carbocycles. The fourth-order valence-electron chi connectivity index (χ4n) is 1.64. The van der Waals surface area contributed by atoms with E-state index in [4.69, 9.17) is 12.2 Å². The Kier molecular flexibility index (Phi) is 5.16. The van der Waals surface area contributed by atoms with Crippen molar-refractivity contribution in [2.45, 2.75) is 6.92 Å². The third kappa shape index (κ3) is 4.64. The van der Waals surface area contributed by atoms with E-state index in [1.165, 1.54) is 23.9 Å². The first-order valence-electron chi connectivity index (χ1n) is 6.46. The lowest BCUT2D eigenvalue weighted by atomic mass is 10.2. The lowest BCUT2D eigenvalue weighted by molar-refractivity contribution is -0.384. The number of aryl methyl sites for hydroxylation is 1. The van der Waals surface area contributed by atoms with Gasteiger partial charge in [-0.25, -0.2) is 0 Å². The molecule has 0 amide bonds. The topological polar surface area (TPSA) is 79.6 Å². The lowest BCUT2D eigenvalue weighted by Crippen LogP contribution is -2.23. The van der Waals surface area contributed by atoms with Crippen molar-refractivity contribution in [2.24, 2.45) is 5.10 Å². The van der Waals surface area contributed by atoms with Gasteiger partial charge in [0, 0.05) is 17.8 Å². The van der Waals surface area contributed by atoms with E-state index in [-0.39, 0.29) is 5.69 Å². The maximum absolute atomic E-state index is 10.5. The van der Waals surface area contributed by atoms with Gasteiger partial charge in [-0.2, -0.15) is 5.10 Å². The fraction of sp³-hybridized carbons (Fsp3) is 0.0667. The summed E-state index contributed by atoms with van der Waals surface area (Å²) < 4.78 is 0. The van der Waals surface area contributed by atoms with Crippen LogP contribution in [0, 0.1) is 17.0 Å². The predicted molar refractivity (Wildman–Crippen MR) is 91.2 cm³/mol. The van der Waals surface area contributed by atoms with E-state index >= 15 is 0 Å². The van der Waals surface area contributed by atoms with Gasteiger partial charge in [-0.05, 0) is 49.0 Å². The third-order valence-electron chi connectivity index (χ3n) is 2.79. The van der Waals surface area contributed by atoms with E-state index < -0.39 is 4.92 Å². The van der Waals surface area contributed by atoms with Gasteiger partial charge in [0.05, 0.1) is 11.1 Å². The third-order valence-corrected chi connectivity index (χ3v) is 2.99. The molecule has 0 heterocycles. The van der Waals surface area contributed by atoms with Crippen LogP contribution in [0.1, 0.15) is 11.1 Å². The van der Waals surface area contributed by atoms with Gasteiger partial charge in [-0.1, -0.05) is 17.7 Å². The number of rotatable bonds is 4. The van der Waals surface area contributed by atoms with Crippen LogP contribution >= 0.6 is 12.2 Å². The van der Waals surface area contributed by atoms with Crippen LogP contribution in [0.4, 0.5) is 11.4 Å². The summed E-state index contributed by atoms with van der Waals surface area (Å²) >= 11 is 5.11. The molecular weight excluding hydrogens is 300 g/mol. The number of nitrogens with one attached hydrogen (secondary N) is 2. The Labute approximate surface area is 133 Å². The Morgan fingerprint density at radius 1 is 1.18 bits per heavy atom. The van der Waals surface area contributed by atoms with Gasteiger partial charge < -0.3 is 5.32 Å². The van der Waals surface area contributed by atoms with Gasteiger partial charge in [-0.3, -0.25) is 15.5 Å². The summed E-state index contributed by atoms with van der Waals surface area (Å²) in [4.78, 5) is 10.1. The molecular formula is C15H14N4O2S. The first-order valence-corrected chi connectivity index (χ1v) is 6.86. The molecule has 7 heteroatoms. The van der Waals surface area contributed by atoms with E-state index in [1.807, 2.05) is 31.2 Å². The largest absolute Gasteiger partial charge is 0.331 e. The molecule has 22 heavy (non-hydrogen) atoms. The zero-order valence-corrected chi connectivity index (χ0v) is 12.6. The van der Waals surface area contributed by atoms with Crippen molar-refractivity contribution >= 4 is 34.9 Å². The van der Waals surface area contributed by atoms with E-state index in [0.717, 1.165) is 11.3 Å². The van der Waals surface area contributed by atoms with Crippen LogP contribution in [0.2, 0.25) is 0 Å². The van der Waals surface area contributed by atoms with Crippen molar-refractivity contribution in [1.29, 1.82) is 0 Å². The predicted octanol–water partition coefficient (Wildman–Crippen LogP) is 3.22. The van der Waals surface area contributed by atoms with Crippen LogP contribution in [-0.4, -0.2) is 16.3 Å². The van der Waals surface area contributed by atoms with Gasteiger partial charge in [0.1, 0.15) is 0 Å². The van der Waals surface area contributed by atoms with Crippen LogP contribution < -0.4 is 10.7 Å². The first kappa shape index (κ1) is 15.6. The molecule has 0 aliphatic rings. The molecule has 0 atom stereocenters. The number of nitro groups is 1. The molecule has 0 fully saturated rings. The van der Waals surface area contributed by atoms with Gasteiger partial charge in [0.25, 0.3) is 5.69 Å².